The molecule has 1 aliphatic rings. The predicted octanol–water partition coefficient (Wildman–Crippen LogP) is 4.63. The molecule has 3 heterocycles. The second kappa shape index (κ2) is 8.46. The van der Waals surface area contributed by atoms with Gasteiger partial charge >= 0.3 is 6.18 Å². The van der Waals surface area contributed by atoms with E-state index in [1.54, 1.807) is 11.0 Å². The van der Waals surface area contributed by atoms with Gasteiger partial charge in [0.2, 0.25) is 11.7 Å². The molecule has 1 aromatic carbocycles. The number of furan rings is 1. The molecule has 31 heavy (non-hydrogen) atoms. The minimum absolute atomic E-state index is 0.104. The molecular formula is C20H18BrF3N4O3. The van der Waals surface area contributed by atoms with Gasteiger partial charge in [-0.05, 0) is 35.0 Å². The van der Waals surface area contributed by atoms with Crippen LogP contribution in [0, 0.1) is 0 Å². The Bertz CT molecular complexity index is 1070. The fraction of sp³-hybridized carbons (Fsp3) is 0.350. The Morgan fingerprint density at radius 3 is 2.58 bits per heavy atom. The Hall–Kier alpha value is -2.66. The highest BCUT2D eigenvalue weighted by Gasteiger charge is 2.31. The topological polar surface area (TPSA) is 75.6 Å². The summed E-state index contributed by atoms with van der Waals surface area (Å²) in [5.74, 6) is 0.310. The van der Waals surface area contributed by atoms with Crippen molar-refractivity contribution in [2.45, 2.75) is 19.1 Å². The number of amides is 1. The van der Waals surface area contributed by atoms with E-state index in [9.17, 15) is 18.0 Å². The van der Waals surface area contributed by atoms with Gasteiger partial charge in [-0.3, -0.25) is 9.69 Å². The SMILES string of the molecule is CC(c1nc(-c2cccc(C(F)(F)F)c2)no1)N1CCN(C(=O)c2coc(Br)c2)CC1. The molecule has 2 aromatic heterocycles. The largest absolute Gasteiger partial charge is 0.457 e. The Balaban J connectivity index is 1.41. The van der Waals surface area contributed by atoms with E-state index in [2.05, 4.69) is 31.0 Å². The van der Waals surface area contributed by atoms with E-state index in [0.29, 0.717) is 42.3 Å². The van der Waals surface area contributed by atoms with Crippen LogP contribution >= 0.6 is 15.9 Å². The Labute approximate surface area is 183 Å². The zero-order chi connectivity index (χ0) is 22.2. The van der Waals surface area contributed by atoms with E-state index < -0.39 is 11.7 Å². The summed E-state index contributed by atoms with van der Waals surface area (Å²) >= 11 is 3.19. The molecule has 0 saturated carbocycles. The van der Waals surface area contributed by atoms with Crippen molar-refractivity contribution < 1.29 is 26.9 Å². The summed E-state index contributed by atoms with van der Waals surface area (Å²) in [7, 11) is 0. The monoisotopic (exact) mass is 498 g/mol. The maximum Gasteiger partial charge on any atom is 0.416 e. The van der Waals surface area contributed by atoms with Crippen LogP contribution in [0.1, 0.15) is 34.8 Å². The number of piperazine rings is 1. The standard InChI is InChI=1S/C20H18BrF3N4O3/c1-12(27-5-7-28(8-6-27)19(29)14-10-16(21)30-11-14)18-25-17(26-31-18)13-3-2-4-15(9-13)20(22,23)24/h2-4,9-12H,5-8H2,1H3. The molecule has 1 aliphatic heterocycles. The average Bonchev–Trinajstić information content (AvgIpc) is 3.42. The second-order valence-corrected chi connectivity index (χ2v) is 7.96. The molecule has 3 aromatic rings. The molecule has 1 fully saturated rings. The fourth-order valence-corrected chi connectivity index (χ4v) is 3.77. The molecule has 0 bridgehead atoms. The van der Waals surface area contributed by atoms with Crippen LogP contribution in [0.15, 0.2) is 50.2 Å². The molecule has 1 saturated heterocycles. The van der Waals surface area contributed by atoms with Gasteiger partial charge in [0.15, 0.2) is 4.67 Å². The normalized spacial score (nSPS) is 16.5. The van der Waals surface area contributed by atoms with Crippen molar-refractivity contribution >= 4 is 21.8 Å². The third-order valence-electron chi connectivity index (χ3n) is 5.21. The first-order valence-electron chi connectivity index (χ1n) is 9.51. The molecule has 11 heteroatoms. The van der Waals surface area contributed by atoms with Crippen LogP contribution in [-0.2, 0) is 6.18 Å². The Kier molecular flexibility index (Phi) is 5.89. The van der Waals surface area contributed by atoms with Gasteiger partial charge in [0.25, 0.3) is 5.91 Å². The van der Waals surface area contributed by atoms with Crippen LogP contribution < -0.4 is 0 Å². The number of carbonyl (C=O) groups is 1. The number of rotatable bonds is 4. The lowest BCUT2D eigenvalue weighted by Crippen LogP contribution is -2.49. The Morgan fingerprint density at radius 1 is 1.19 bits per heavy atom. The number of alkyl halides is 3. The van der Waals surface area contributed by atoms with Crippen LogP contribution in [-0.4, -0.2) is 52.0 Å². The second-order valence-electron chi connectivity index (χ2n) is 7.18. The first-order chi connectivity index (χ1) is 14.7. The van der Waals surface area contributed by atoms with E-state index >= 15 is 0 Å². The lowest BCUT2D eigenvalue weighted by molar-refractivity contribution is -0.137. The van der Waals surface area contributed by atoms with Gasteiger partial charge in [-0.2, -0.15) is 18.2 Å². The molecular weight excluding hydrogens is 481 g/mol. The summed E-state index contributed by atoms with van der Waals surface area (Å²) in [5.41, 5.74) is -0.0513. The van der Waals surface area contributed by atoms with E-state index in [0.717, 1.165) is 12.1 Å². The Morgan fingerprint density at radius 2 is 1.94 bits per heavy atom. The van der Waals surface area contributed by atoms with Gasteiger partial charge in [-0.15, -0.1) is 0 Å². The number of hydrogen-bond donors (Lipinski definition) is 0. The van der Waals surface area contributed by atoms with Crippen molar-refractivity contribution in [3.05, 3.63) is 58.3 Å². The van der Waals surface area contributed by atoms with Crippen LogP contribution in [0.3, 0.4) is 0 Å². The molecule has 0 spiro atoms. The quantitative estimate of drug-likeness (QED) is 0.521. The third kappa shape index (κ3) is 4.67. The highest BCUT2D eigenvalue weighted by atomic mass is 79.9. The van der Waals surface area contributed by atoms with Crippen molar-refractivity contribution in [2.75, 3.05) is 26.2 Å². The fourth-order valence-electron chi connectivity index (χ4n) is 3.43. The minimum atomic E-state index is -4.44. The summed E-state index contributed by atoms with van der Waals surface area (Å²) in [5, 5.41) is 3.85. The third-order valence-corrected chi connectivity index (χ3v) is 5.63. The highest BCUT2D eigenvalue weighted by Crippen LogP contribution is 2.32. The zero-order valence-corrected chi connectivity index (χ0v) is 18.0. The first-order valence-corrected chi connectivity index (χ1v) is 10.3. The number of carbonyl (C=O) groups excluding carboxylic acids is 1. The molecule has 1 amide bonds. The lowest BCUT2D eigenvalue weighted by atomic mass is 10.1. The van der Waals surface area contributed by atoms with E-state index in [1.807, 2.05) is 6.92 Å². The summed E-state index contributed by atoms with van der Waals surface area (Å²) in [6.45, 7) is 4.09. The number of nitrogens with zero attached hydrogens (tertiary/aromatic N) is 4. The maximum atomic E-state index is 13.0. The molecule has 164 valence electrons. The van der Waals surface area contributed by atoms with Crippen molar-refractivity contribution in [3.63, 3.8) is 0 Å². The number of hydrogen-bond acceptors (Lipinski definition) is 6. The first kappa shape index (κ1) is 21.6. The number of halogens is 4. The van der Waals surface area contributed by atoms with Crippen molar-refractivity contribution in [2.24, 2.45) is 0 Å². The summed E-state index contributed by atoms with van der Waals surface area (Å²) in [6, 6.07) is 6.20. The lowest BCUT2D eigenvalue weighted by Gasteiger charge is -2.36. The molecule has 4 rings (SSSR count). The van der Waals surface area contributed by atoms with Crippen molar-refractivity contribution in [3.8, 4) is 11.4 Å². The van der Waals surface area contributed by atoms with Gasteiger partial charge in [0.1, 0.15) is 6.26 Å². The van der Waals surface area contributed by atoms with E-state index in [4.69, 9.17) is 8.94 Å². The van der Waals surface area contributed by atoms with Gasteiger partial charge in [-0.25, -0.2) is 0 Å². The molecule has 1 atom stereocenters. The average molecular weight is 499 g/mol. The highest BCUT2D eigenvalue weighted by molar-refractivity contribution is 9.10. The molecule has 0 N–H and O–H groups in total. The summed E-state index contributed by atoms with van der Waals surface area (Å²) < 4.78 is 49.8. The predicted molar refractivity (Wildman–Crippen MR) is 107 cm³/mol. The van der Waals surface area contributed by atoms with Crippen LogP contribution in [0.25, 0.3) is 11.4 Å². The smallest absolute Gasteiger partial charge is 0.416 e. The molecule has 1 unspecified atom stereocenters. The summed E-state index contributed by atoms with van der Waals surface area (Å²) in [4.78, 5) is 20.6. The minimum Gasteiger partial charge on any atom is -0.457 e. The van der Waals surface area contributed by atoms with Gasteiger partial charge in [-0.1, -0.05) is 17.3 Å². The van der Waals surface area contributed by atoms with Gasteiger partial charge in [0.05, 0.1) is 17.2 Å². The molecule has 0 radical (unpaired) electrons. The maximum absolute atomic E-state index is 13.0. The summed E-state index contributed by atoms with van der Waals surface area (Å²) in [6.07, 6.45) is -3.03. The van der Waals surface area contributed by atoms with E-state index in [1.165, 1.54) is 18.4 Å². The van der Waals surface area contributed by atoms with Crippen molar-refractivity contribution in [1.29, 1.82) is 0 Å². The number of benzene rings is 1. The number of aromatic nitrogens is 2. The van der Waals surface area contributed by atoms with Crippen LogP contribution in [0.5, 0.6) is 0 Å². The van der Waals surface area contributed by atoms with Crippen LogP contribution in [0.2, 0.25) is 0 Å². The van der Waals surface area contributed by atoms with Crippen molar-refractivity contribution in [1.82, 2.24) is 19.9 Å². The van der Waals surface area contributed by atoms with Crippen LogP contribution in [0.4, 0.5) is 13.2 Å². The van der Waals surface area contributed by atoms with E-state index in [-0.39, 0.29) is 23.3 Å². The van der Waals surface area contributed by atoms with Gasteiger partial charge < -0.3 is 13.8 Å². The van der Waals surface area contributed by atoms with Gasteiger partial charge in [0, 0.05) is 37.8 Å². The zero-order valence-electron chi connectivity index (χ0n) is 16.4. The molecule has 0 aliphatic carbocycles. The molecule has 7 nitrogen and oxygen atoms in total.